The van der Waals surface area contributed by atoms with Gasteiger partial charge < -0.3 is 14.7 Å². The van der Waals surface area contributed by atoms with Crippen LogP contribution in [0.25, 0.3) is 0 Å². The standard InChI is InChI=1S/C22H25N7O3/c23-16-18-2-1-7-24-22(18)28-10-8-25(9-11-28)17-21(30)27-14-12-26(13-15-27)19-3-5-20(6-4-19)29(31)32/h1-7H,8-15,17H2. The molecular weight excluding hydrogens is 410 g/mol. The fourth-order valence-corrected chi connectivity index (χ4v) is 4.14. The molecule has 0 saturated carbocycles. The van der Waals surface area contributed by atoms with Gasteiger partial charge in [-0.2, -0.15) is 5.26 Å². The second-order valence-electron chi connectivity index (χ2n) is 7.89. The highest BCUT2D eigenvalue weighted by Gasteiger charge is 2.26. The Labute approximate surface area is 186 Å². The Hall–Kier alpha value is -3.71. The molecule has 1 aromatic carbocycles. The highest BCUT2D eigenvalue weighted by Crippen LogP contribution is 2.21. The second-order valence-corrected chi connectivity index (χ2v) is 7.89. The summed E-state index contributed by atoms with van der Waals surface area (Å²) in [6.45, 7) is 6.01. The van der Waals surface area contributed by atoms with E-state index in [-0.39, 0.29) is 11.6 Å². The molecule has 3 heterocycles. The van der Waals surface area contributed by atoms with Gasteiger partial charge in [0.1, 0.15) is 11.9 Å². The Morgan fingerprint density at radius 3 is 2.28 bits per heavy atom. The number of non-ortho nitro benzene ring substituents is 1. The molecule has 166 valence electrons. The molecule has 0 N–H and O–H groups in total. The van der Waals surface area contributed by atoms with E-state index in [9.17, 15) is 20.2 Å². The summed E-state index contributed by atoms with van der Waals surface area (Å²) in [5.74, 6) is 0.834. The van der Waals surface area contributed by atoms with Gasteiger partial charge in [-0.05, 0) is 24.3 Å². The van der Waals surface area contributed by atoms with Crippen LogP contribution in [0.5, 0.6) is 0 Å². The number of aromatic nitrogens is 1. The van der Waals surface area contributed by atoms with Crippen LogP contribution in [0.15, 0.2) is 42.6 Å². The lowest BCUT2D eigenvalue weighted by Crippen LogP contribution is -2.54. The van der Waals surface area contributed by atoms with E-state index in [0.29, 0.717) is 44.1 Å². The van der Waals surface area contributed by atoms with E-state index in [1.807, 2.05) is 4.90 Å². The van der Waals surface area contributed by atoms with Gasteiger partial charge in [0.05, 0.1) is 17.0 Å². The fourth-order valence-electron chi connectivity index (χ4n) is 4.14. The molecule has 2 saturated heterocycles. The lowest BCUT2D eigenvalue weighted by Gasteiger charge is -2.39. The number of benzene rings is 1. The molecule has 2 aromatic rings. The maximum atomic E-state index is 12.8. The first-order valence-electron chi connectivity index (χ1n) is 10.6. The van der Waals surface area contributed by atoms with Crippen LogP contribution in [-0.4, -0.2) is 84.5 Å². The van der Waals surface area contributed by atoms with Crippen molar-refractivity contribution in [2.45, 2.75) is 0 Å². The number of carbonyl (C=O) groups excluding carboxylic acids is 1. The van der Waals surface area contributed by atoms with E-state index in [1.54, 1.807) is 30.5 Å². The first kappa shape index (κ1) is 21.5. The lowest BCUT2D eigenvalue weighted by molar-refractivity contribution is -0.384. The molecule has 2 aliphatic heterocycles. The van der Waals surface area contributed by atoms with Gasteiger partial charge in [-0.3, -0.25) is 19.8 Å². The van der Waals surface area contributed by atoms with Gasteiger partial charge in [0, 0.05) is 76.4 Å². The lowest BCUT2D eigenvalue weighted by atomic mass is 10.2. The maximum absolute atomic E-state index is 12.8. The van der Waals surface area contributed by atoms with Gasteiger partial charge >= 0.3 is 0 Å². The van der Waals surface area contributed by atoms with Gasteiger partial charge in [-0.1, -0.05) is 0 Å². The van der Waals surface area contributed by atoms with Gasteiger partial charge in [0.2, 0.25) is 5.91 Å². The molecule has 0 bridgehead atoms. The van der Waals surface area contributed by atoms with Crippen LogP contribution in [0.4, 0.5) is 17.2 Å². The normalized spacial score (nSPS) is 17.2. The summed E-state index contributed by atoms with van der Waals surface area (Å²) in [4.78, 5) is 35.8. The number of rotatable bonds is 5. The predicted molar refractivity (Wildman–Crippen MR) is 119 cm³/mol. The summed E-state index contributed by atoms with van der Waals surface area (Å²) in [6, 6.07) is 12.3. The number of nitro groups is 1. The summed E-state index contributed by atoms with van der Waals surface area (Å²) >= 11 is 0. The van der Waals surface area contributed by atoms with Crippen LogP contribution in [0, 0.1) is 21.4 Å². The molecule has 0 unspecified atom stereocenters. The number of hydrogen-bond donors (Lipinski definition) is 0. The molecule has 0 atom stereocenters. The zero-order valence-corrected chi connectivity index (χ0v) is 17.8. The topological polar surface area (TPSA) is 110 Å². The minimum absolute atomic E-state index is 0.0783. The number of carbonyl (C=O) groups is 1. The zero-order chi connectivity index (χ0) is 22.5. The molecule has 2 fully saturated rings. The number of piperazine rings is 2. The maximum Gasteiger partial charge on any atom is 0.269 e. The van der Waals surface area contributed by atoms with Crippen molar-refractivity contribution in [3.63, 3.8) is 0 Å². The monoisotopic (exact) mass is 435 g/mol. The summed E-state index contributed by atoms with van der Waals surface area (Å²) in [5.41, 5.74) is 1.59. The highest BCUT2D eigenvalue weighted by atomic mass is 16.6. The molecule has 1 amide bonds. The molecule has 2 aliphatic rings. The number of pyridine rings is 1. The third kappa shape index (κ3) is 4.78. The van der Waals surface area contributed by atoms with Crippen LogP contribution in [0.2, 0.25) is 0 Å². The van der Waals surface area contributed by atoms with E-state index in [4.69, 9.17) is 0 Å². The average molecular weight is 435 g/mol. The first-order chi connectivity index (χ1) is 15.5. The molecule has 32 heavy (non-hydrogen) atoms. The Bertz CT molecular complexity index is 1000. The molecule has 10 heteroatoms. The van der Waals surface area contributed by atoms with Crippen molar-refractivity contribution in [1.82, 2.24) is 14.8 Å². The number of nitriles is 1. The van der Waals surface area contributed by atoms with E-state index in [1.165, 1.54) is 12.1 Å². The Morgan fingerprint density at radius 2 is 1.66 bits per heavy atom. The summed E-state index contributed by atoms with van der Waals surface area (Å²) in [6.07, 6.45) is 1.70. The number of nitrogens with zero attached hydrogens (tertiary/aromatic N) is 7. The molecule has 0 aliphatic carbocycles. The van der Waals surface area contributed by atoms with Crippen molar-refractivity contribution in [2.24, 2.45) is 0 Å². The van der Waals surface area contributed by atoms with Crippen LogP contribution >= 0.6 is 0 Å². The molecule has 0 radical (unpaired) electrons. The minimum Gasteiger partial charge on any atom is -0.368 e. The van der Waals surface area contributed by atoms with Crippen LogP contribution in [0.3, 0.4) is 0 Å². The Balaban J connectivity index is 1.24. The minimum atomic E-state index is -0.404. The first-order valence-corrected chi connectivity index (χ1v) is 10.6. The molecule has 4 rings (SSSR count). The summed E-state index contributed by atoms with van der Waals surface area (Å²) in [7, 11) is 0. The number of hydrogen-bond acceptors (Lipinski definition) is 8. The van der Waals surface area contributed by atoms with Crippen molar-refractivity contribution >= 4 is 23.1 Å². The van der Waals surface area contributed by atoms with Gasteiger partial charge in [0.25, 0.3) is 5.69 Å². The van der Waals surface area contributed by atoms with Crippen molar-refractivity contribution in [2.75, 3.05) is 68.7 Å². The smallest absolute Gasteiger partial charge is 0.269 e. The Kier molecular flexibility index (Phi) is 6.47. The van der Waals surface area contributed by atoms with Crippen LogP contribution in [0.1, 0.15) is 5.56 Å². The van der Waals surface area contributed by atoms with Crippen molar-refractivity contribution in [3.8, 4) is 6.07 Å². The number of nitro benzene ring substituents is 1. The third-order valence-electron chi connectivity index (χ3n) is 6.00. The second kappa shape index (κ2) is 9.62. The average Bonchev–Trinajstić information content (AvgIpc) is 2.84. The Morgan fingerprint density at radius 1 is 1.00 bits per heavy atom. The predicted octanol–water partition coefficient (Wildman–Crippen LogP) is 1.33. The van der Waals surface area contributed by atoms with E-state index < -0.39 is 4.92 Å². The molecule has 1 aromatic heterocycles. The third-order valence-corrected chi connectivity index (χ3v) is 6.00. The summed E-state index contributed by atoms with van der Waals surface area (Å²) in [5, 5.41) is 20.1. The SMILES string of the molecule is N#Cc1cccnc1N1CCN(CC(=O)N2CCN(c3ccc([N+](=O)[O-])cc3)CC2)CC1. The van der Waals surface area contributed by atoms with Crippen molar-refractivity contribution < 1.29 is 9.72 Å². The van der Waals surface area contributed by atoms with Gasteiger partial charge in [-0.15, -0.1) is 0 Å². The fraction of sp³-hybridized carbons (Fsp3) is 0.409. The van der Waals surface area contributed by atoms with Crippen molar-refractivity contribution in [1.29, 1.82) is 5.26 Å². The number of amides is 1. The van der Waals surface area contributed by atoms with Gasteiger partial charge in [0.15, 0.2) is 0 Å². The van der Waals surface area contributed by atoms with Crippen LogP contribution < -0.4 is 9.80 Å². The number of anilines is 2. The van der Waals surface area contributed by atoms with Crippen LogP contribution in [-0.2, 0) is 4.79 Å². The van der Waals surface area contributed by atoms with Crippen molar-refractivity contribution in [3.05, 3.63) is 58.3 Å². The molecule has 10 nitrogen and oxygen atoms in total. The zero-order valence-electron chi connectivity index (χ0n) is 17.8. The van der Waals surface area contributed by atoms with E-state index in [2.05, 4.69) is 25.8 Å². The highest BCUT2D eigenvalue weighted by molar-refractivity contribution is 5.78. The largest absolute Gasteiger partial charge is 0.368 e. The van der Waals surface area contributed by atoms with E-state index in [0.717, 1.165) is 31.9 Å². The molecule has 0 spiro atoms. The van der Waals surface area contributed by atoms with E-state index >= 15 is 0 Å². The quantitative estimate of drug-likeness (QED) is 0.511. The van der Waals surface area contributed by atoms with Gasteiger partial charge in [-0.25, -0.2) is 4.98 Å². The summed E-state index contributed by atoms with van der Waals surface area (Å²) < 4.78 is 0. The molecular formula is C22H25N7O3.